The number of rotatable bonds is 3. The molecule has 1 aliphatic carbocycles. The fraction of sp³-hybridized carbons (Fsp3) is 0.450. The number of likely N-dealkylation sites (tertiary alicyclic amines) is 1. The van der Waals surface area contributed by atoms with Gasteiger partial charge in [0.2, 0.25) is 11.8 Å². The maximum absolute atomic E-state index is 12.6. The largest absolute Gasteiger partial charge is 0.336 e. The van der Waals surface area contributed by atoms with Crippen LogP contribution in [-0.4, -0.2) is 65.3 Å². The van der Waals surface area contributed by atoms with E-state index in [2.05, 4.69) is 4.90 Å². The first-order chi connectivity index (χ1) is 12.6. The number of nitrogens with zero attached hydrogens (tertiary/aromatic N) is 3. The van der Waals surface area contributed by atoms with Crippen molar-refractivity contribution >= 4 is 17.7 Å². The Balaban J connectivity index is 1.34. The molecule has 2 fully saturated rings. The van der Waals surface area contributed by atoms with Crippen LogP contribution in [-0.2, 0) is 9.59 Å². The lowest BCUT2D eigenvalue weighted by Crippen LogP contribution is -2.52. The Kier molecular flexibility index (Phi) is 4.59. The lowest BCUT2D eigenvalue weighted by Gasteiger charge is -2.36. The highest BCUT2D eigenvalue weighted by Crippen LogP contribution is 2.35. The van der Waals surface area contributed by atoms with Gasteiger partial charge in [0.15, 0.2) is 0 Å². The Hall–Kier alpha value is -2.47. The van der Waals surface area contributed by atoms with Gasteiger partial charge in [-0.05, 0) is 25.0 Å². The van der Waals surface area contributed by atoms with Crippen LogP contribution in [0.4, 0.5) is 0 Å². The molecule has 0 N–H and O–H groups in total. The van der Waals surface area contributed by atoms with E-state index in [1.807, 2.05) is 47.4 Å². The highest BCUT2D eigenvalue weighted by Gasteiger charge is 2.47. The molecule has 0 radical (unpaired) electrons. The van der Waals surface area contributed by atoms with E-state index in [0.29, 0.717) is 51.3 Å². The third-order valence-electron chi connectivity index (χ3n) is 5.62. The topological polar surface area (TPSA) is 60.9 Å². The number of carbonyl (C=O) groups excluding carboxylic acids is 3. The highest BCUT2D eigenvalue weighted by molar-refractivity contribution is 6.05. The first-order valence-electron chi connectivity index (χ1n) is 9.22. The number of carbonyl (C=O) groups is 3. The Bertz CT molecular complexity index is 712. The van der Waals surface area contributed by atoms with Crippen molar-refractivity contribution in [1.82, 2.24) is 14.7 Å². The van der Waals surface area contributed by atoms with Gasteiger partial charge >= 0.3 is 0 Å². The molecule has 2 atom stereocenters. The van der Waals surface area contributed by atoms with E-state index in [-0.39, 0.29) is 29.6 Å². The average molecular weight is 353 g/mol. The first kappa shape index (κ1) is 17.0. The molecular weight excluding hydrogens is 330 g/mol. The zero-order chi connectivity index (χ0) is 18.1. The van der Waals surface area contributed by atoms with E-state index < -0.39 is 0 Å². The fourth-order valence-electron chi connectivity index (χ4n) is 4.06. The van der Waals surface area contributed by atoms with Crippen molar-refractivity contribution in [3.63, 3.8) is 0 Å². The van der Waals surface area contributed by atoms with Crippen molar-refractivity contribution in [2.24, 2.45) is 11.8 Å². The summed E-state index contributed by atoms with van der Waals surface area (Å²) in [7, 11) is 0. The zero-order valence-corrected chi connectivity index (χ0v) is 14.7. The van der Waals surface area contributed by atoms with Crippen LogP contribution in [0.15, 0.2) is 42.5 Å². The van der Waals surface area contributed by atoms with E-state index in [0.717, 1.165) is 0 Å². The van der Waals surface area contributed by atoms with Gasteiger partial charge in [0.05, 0.1) is 18.5 Å². The molecule has 0 spiro atoms. The molecule has 4 rings (SSSR count). The van der Waals surface area contributed by atoms with Crippen molar-refractivity contribution in [2.75, 3.05) is 32.8 Å². The molecule has 2 heterocycles. The molecule has 0 saturated carbocycles. The SMILES string of the molecule is O=C(c1ccccc1)N1CCN(CN2C(=O)[C@H]3CC=CC[C@@H]3C2=O)CC1. The van der Waals surface area contributed by atoms with Gasteiger partial charge in [-0.15, -0.1) is 0 Å². The monoisotopic (exact) mass is 353 g/mol. The zero-order valence-electron chi connectivity index (χ0n) is 14.7. The van der Waals surface area contributed by atoms with Gasteiger partial charge in [-0.3, -0.25) is 24.2 Å². The van der Waals surface area contributed by atoms with Gasteiger partial charge < -0.3 is 4.90 Å². The van der Waals surface area contributed by atoms with Crippen LogP contribution in [0.1, 0.15) is 23.2 Å². The maximum Gasteiger partial charge on any atom is 0.253 e. The van der Waals surface area contributed by atoms with Crippen molar-refractivity contribution < 1.29 is 14.4 Å². The quantitative estimate of drug-likeness (QED) is 0.608. The van der Waals surface area contributed by atoms with E-state index in [1.54, 1.807) is 0 Å². The first-order valence-corrected chi connectivity index (χ1v) is 9.22. The number of allylic oxidation sites excluding steroid dienone is 2. The van der Waals surface area contributed by atoms with Gasteiger partial charge in [0, 0.05) is 31.7 Å². The van der Waals surface area contributed by atoms with Crippen molar-refractivity contribution in [3.8, 4) is 0 Å². The van der Waals surface area contributed by atoms with Crippen LogP contribution in [0, 0.1) is 11.8 Å². The Morgan fingerprint density at radius 1 is 0.885 bits per heavy atom. The maximum atomic E-state index is 12.6. The Morgan fingerprint density at radius 3 is 2.04 bits per heavy atom. The third kappa shape index (κ3) is 3.05. The minimum absolute atomic E-state index is 0.0351. The molecule has 6 heteroatoms. The van der Waals surface area contributed by atoms with Crippen molar-refractivity contribution in [2.45, 2.75) is 12.8 Å². The van der Waals surface area contributed by atoms with Gasteiger partial charge in [-0.2, -0.15) is 0 Å². The van der Waals surface area contributed by atoms with Crippen molar-refractivity contribution in [3.05, 3.63) is 48.0 Å². The number of amides is 3. The molecule has 1 aromatic rings. The molecule has 6 nitrogen and oxygen atoms in total. The van der Waals surface area contributed by atoms with E-state index >= 15 is 0 Å². The van der Waals surface area contributed by atoms with Crippen molar-refractivity contribution in [1.29, 1.82) is 0 Å². The lowest BCUT2D eigenvalue weighted by molar-refractivity contribution is -0.142. The summed E-state index contributed by atoms with van der Waals surface area (Å²) in [4.78, 5) is 43.0. The van der Waals surface area contributed by atoms with Gasteiger partial charge in [0.25, 0.3) is 5.91 Å². The average Bonchev–Trinajstić information content (AvgIpc) is 2.94. The van der Waals surface area contributed by atoms with Gasteiger partial charge in [-0.25, -0.2) is 0 Å². The highest BCUT2D eigenvalue weighted by atomic mass is 16.2. The summed E-state index contributed by atoms with van der Waals surface area (Å²) in [5, 5.41) is 0. The molecule has 2 aliphatic heterocycles. The minimum atomic E-state index is -0.173. The number of hydrogen-bond acceptors (Lipinski definition) is 4. The molecular formula is C20H23N3O3. The summed E-state index contributed by atoms with van der Waals surface area (Å²) >= 11 is 0. The third-order valence-corrected chi connectivity index (χ3v) is 5.62. The van der Waals surface area contributed by atoms with E-state index in [9.17, 15) is 14.4 Å². The molecule has 0 unspecified atom stereocenters. The van der Waals surface area contributed by atoms with E-state index in [1.165, 1.54) is 4.90 Å². The lowest BCUT2D eigenvalue weighted by atomic mass is 9.85. The van der Waals surface area contributed by atoms with Gasteiger partial charge in [0.1, 0.15) is 0 Å². The number of benzene rings is 1. The van der Waals surface area contributed by atoms with Crippen LogP contribution in [0.25, 0.3) is 0 Å². The van der Waals surface area contributed by atoms with Crippen LogP contribution < -0.4 is 0 Å². The molecule has 26 heavy (non-hydrogen) atoms. The molecule has 1 aromatic carbocycles. The predicted octanol–water partition coefficient (Wildman–Crippen LogP) is 1.35. The molecule has 3 aliphatic rings. The number of imide groups is 1. The van der Waals surface area contributed by atoms with Crippen LogP contribution in [0.3, 0.4) is 0 Å². The summed E-state index contributed by atoms with van der Waals surface area (Å²) in [6.45, 7) is 2.90. The number of hydrogen-bond donors (Lipinski definition) is 0. The standard InChI is InChI=1S/C20H23N3O3/c24-18(15-6-2-1-3-7-15)22-12-10-21(11-13-22)14-23-19(25)16-8-4-5-9-17(16)20(23)26/h1-7,16-17H,8-14H2/t16-,17-/m0/s1. The van der Waals surface area contributed by atoms with Gasteiger partial charge in [-0.1, -0.05) is 30.4 Å². The van der Waals surface area contributed by atoms with Crippen LogP contribution >= 0.6 is 0 Å². The summed E-state index contributed by atoms with van der Waals surface area (Å²) in [6, 6.07) is 9.27. The second-order valence-corrected chi connectivity index (χ2v) is 7.18. The second-order valence-electron chi connectivity index (χ2n) is 7.18. The molecule has 0 bridgehead atoms. The Labute approximate surface area is 153 Å². The minimum Gasteiger partial charge on any atom is -0.336 e. The molecule has 0 aromatic heterocycles. The van der Waals surface area contributed by atoms with E-state index in [4.69, 9.17) is 0 Å². The second kappa shape index (κ2) is 7.03. The summed E-state index contributed by atoms with van der Waals surface area (Å²) in [5.74, 6) is -0.378. The summed E-state index contributed by atoms with van der Waals surface area (Å²) < 4.78 is 0. The summed E-state index contributed by atoms with van der Waals surface area (Å²) in [5.41, 5.74) is 0.697. The number of fused-ring (bicyclic) bond motifs is 1. The van der Waals surface area contributed by atoms with Crippen LogP contribution in [0.5, 0.6) is 0 Å². The Morgan fingerprint density at radius 2 is 1.46 bits per heavy atom. The molecule has 2 saturated heterocycles. The summed E-state index contributed by atoms with van der Waals surface area (Å²) in [6.07, 6.45) is 5.35. The number of piperazine rings is 1. The smallest absolute Gasteiger partial charge is 0.253 e. The van der Waals surface area contributed by atoms with Crippen LogP contribution in [0.2, 0.25) is 0 Å². The molecule has 3 amide bonds. The normalized spacial score (nSPS) is 26.3. The predicted molar refractivity (Wildman–Crippen MR) is 96.0 cm³/mol. The molecule has 136 valence electrons. The fourth-order valence-corrected chi connectivity index (χ4v) is 4.06.